The number of rotatable bonds is 6. The Bertz CT molecular complexity index is 176. The van der Waals surface area contributed by atoms with Crippen molar-refractivity contribution in [1.29, 1.82) is 0 Å². The van der Waals surface area contributed by atoms with Crippen LogP contribution in [0.25, 0.3) is 0 Å². The van der Waals surface area contributed by atoms with Gasteiger partial charge in [0.15, 0.2) is 0 Å². The van der Waals surface area contributed by atoms with E-state index >= 15 is 0 Å². The number of hydrogen-bond donors (Lipinski definition) is 1. The number of ether oxygens (including phenoxy) is 2. The van der Waals surface area contributed by atoms with Gasteiger partial charge in [0, 0.05) is 13.2 Å². The van der Waals surface area contributed by atoms with Gasteiger partial charge in [0.25, 0.3) is 0 Å². The second kappa shape index (κ2) is 6.04. The maximum atomic E-state index is 5.96. The smallest absolute Gasteiger partial charge is 0.105 e. The first-order valence-corrected chi connectivity index (χ1v) is 5.39. The van der Waals surface area contributed by atoms with Crippen LogP contribution in [0, 0.1) is 5.92 Å². The number of hydrogen-bond acceptors (Lipinski definition) is 3. The van der Waals surface area contributed by atoms with Crippen molar-refractivity contribution in [3.05, 3.63) is 12.3 Å². The van der Waals surface area contributed by atoms with E-state index in [1.165, 1.54) is 0 Å². The van der Waals surface area contributed by atoms with Crippen molar-refractivity contribution in [2.75, 3.05) is 19.8 Å². The summed E-state index contributed by atoms with van der Waals surface area (Å²) in [5.41, 5.74) is 5.96. The van der Waals surface area contributed by atoms with Crippen LogP contribution in [0.5, 0.6) is 0 Å². The Morgan fingerprint density at radius 1 is 1.71 bits per heavy atom. The van der Waals surface area contributed by atoms with Crippen LogP contribution in [0.15, 0.2) is 12.3 Å². The van der Waals surface area contributed by atoms with E-state index in [9.17, 15) is 0 Å². The van der Waals surface area contributed by atoms with Crippen LogP contribution in [0.1, 0.15) is 26.2 Å². The maximum Gasteiger partial charge on any atom is 0.105 e. The van der Waals surface area contributed by atoms with Gasteiger partial charge >= 0.3 is 0 Å². The van der Waals surface area contributed by atoms with Crippen molar-refractivity contribution in [3.8, 4) is 0 Å². The van der Waals surface area contributed by atoms with Gasteiger partial charge in [0.1, 0.15) is 5.76 Å². The zero-order chi connectivity index (χ0) is 10.4. The van der Waals surface area contributed by atoms with Crippen LogP contribution >= 0.6 is 0 Å². The highest BCUT2D eigenvalue weighted by Crippen LogP contribution is 2.20. The van der Waals surface area contributed by atoms with E-state index < -0.39 is 0 Å². The summed E-state index contributed by atoms with van der Waals surface area (Å²) in [6.45, 7) is 8.35. The van der Waals surface area contributed by atoms with Crippen molar-refractivity contribution in [2.24, 2.45) is 11.7 Å². The summed E-state index contributed by atoms with van der Waals surface area (Å²) in [5.74, 6) is 1.31. The molecule has 0 aromatic heterocycles. The molecule has 0 spiro atoms. The minimum atomic E-state index is -0.0340. The molecule has 2 N–H and O–H groups in total. The lowest BCUT2D eigenvalue weighted by atomic mass is 9.99. The Morgan fingerprint density at radius 3 is 3.07 bits per heavy atom. The molecule has 0 bridgehead atoms. The Balaban J connectivity index is 2.18. The second-order valence-electron chi connectivity index (χ2n) is 3.89. The molecular formula is C11H21NO2. The zero-order valence-corrected chi connectivity index (χ0v) is 9.00. The van der Waals surface area contributed by atoms with Crippen molar-refractivity contribution < 1.29 is 9.47 Å². The van der Waals surface area contributed by atoms with Gasteiger partial charge in [0.05, 0.1) is 12.6 Å². The molecule has 1 aliphatic heterocycles. The summed E-state index contributed by atoms with van der Waals surface area (Å²) < 4.78 is 10.7. The Hall–Kier alpha value is -0.540. The van der Waals surface area contributed by atoms with Gasteiger partial charge in [-0.05, 0) is 25.2 Å². The minimum absolute atomic E-state index is 0.0340. The molecule has 0 aliphatic carbocycles. The second-order valence-corrected chi connectivity index (χ2v) is 3.89. The molecule has 0 unspecified atom stereocenters. The minimum Gasteiger partial charge on any atom is -0.497 e. The largest absolute Gasteiger partial charge is 0.497 e. The summed E-state index contributed by atoms with van der Waals surface area (Å²) in [6, 6.07) is -0.0340. The molecule has 3 nitrogen and oxygen atoms in total. The molecule has 0 radical (unpaired) electrons. The molecule has 2 atom stereocenters. The maximum absolute atomic E-state index is 5.96. The molecule has 1 fully saturated rings. The fourth-order valence-electron chi connectivity index (χ4n) is 1.60. The molecule has 82 valence electrons. The highest BCUT2D eigenvalue weighted by molar-refractivity contribution is 4.96. The fourth-order valence-corrected chi connectivity index (χ4v) is 1.60. The van der Waals surface area contributed by atoms with Crippen LogP contribution in [-0.4, -0.2) is 25.9 Å². The van der Waals surface area contributed by atoms with Crippen molar-refractivity contribution in [2.45, 2.75) is 32.2 Å². The van der Waals surface area contributed by atoms with Crippen LogP contribution in [0.2, 0.25) is 0 Å². The molecule has 0 saturated carbocycles. The summed E-state index contributed by atoms with van der Waals surface area (Å²) >= 11 is 0. The summed E-state index contributed by atoms with van der Waals surface area (Å²) in [6.07, 6.45) is 3.05. The molecule has 0 aromatic carbocycles. The van der Waals surface area contributed by atoms with E-state index in [0.29, 0.717) is 12.5 Å². The summed E-state index contributed by atoms with van der Waals surface area (Å²) in [5, 5.41) is 0. The van der Waals surface area contributed by atoms with Gasteiger partial charge in [-0.15, -0.1) is 0 Å². The van der Waals surface area contributed by atoms with Crippen LogP contribution in [0.3, 0.4) is 0 Å². The van der Waals surface area contributed by atoms with Crippen LogP contribution < -0.4 is 5.73 Å². The van der Waals surface area contributed by atoms with Crippen molar-refractivity contribution >= 4 is 0 Å². The van der Waals surface area contributed by atoms with Gasteiger partial charge in [-0.3, -0.25) is 0 Å². The van der Waals surface area contributed by atoms with E-state index in [1.54, 1.807) is 0 Å². The van der Waals surface area contributed by atoms with Gasteiger partial charge in [-0.1, -0.05) is 13.5 Å². The standard InChI is InChI=1S/C11H21NO2/c1-3-5-14-9(2)11(12)7-10-4-6-13-8-10/h10-11H,2-8,12H2,1H3/t10-,11+/m0/s1. The third-order valence-electron chi connectivity index (χ3n) is 2.52. The third-order valence-corrected chi connectivity index (χ3v) is 2.52. The molecule has 0 amide bonds. The lowest BCUT2D eigenvalue weighted by Gasteiger charge is -2.18. The van der Waals surface area contributed by atoms with E-state index in [-0.39, 0.29) is 6.04 Å². The fraction of sp³-hybridized carbons (Fsp3) is 0.818. The highest BCUT2D eigenvalue weighted by atomic mass is 16.5. The molecule has 0 aromatic rings. The molecular weight excluding hydrogens is 178 g/mol. The van der Waals surface area contributed by atoms with E-state index in [2.05, 4.69) is 13.5 Å². The molecule has 3 heteroatoms. The van der Waals surface area contributed by atoms with Gasteiger partial charge in [0.2, 0.25) is 0 Å². The van der Waals surface area contributed by atoms with Crippen molar-refractivity contribution in [1.82, 2.24) is 0 Å². The Kier molecular flexibility index (Phi) is 4.98. The topological polar surface area (TPSA) is 44.5 Å². The van der Waals surface area contributed by atoms with E-state index in [4.69, 9.17) is 15.2 Å². The molecule has 1 heterocycles. The Morgan fingerprint density at radius 2 is 2.50 bits per heavy atom. The molecule has 1 aliphatic rings. The van der Waals surface area contributed by atoms with Gasteiger partial charge < -0.3 is 15.2 Å². The summed E-state index contributed by atoms with van der Waals surface area (Å²) in [4.78, 5) is 0. The SMILES string of the molecule is C=C(OCCC)[C@H](N)C[C@@H]1CCOC1. The van der Waals surface area contributed by atoms with E-state index in [0.717, 1.165) is 38.2 Å². The lowest BCUT2D eigenvalue weighted by molar-refractivity contribution is 0.171. The highest BCUT2D eigenvalue weighted by Gasteiger charge is 2.20. The zero-order valence-electron chi connectivity index (χ0n) is 9.00. The quantitative estimate of drug-likeness (QED) is 0.662. The first-order chi connectivity index (χ1) is 6.74. The normalized spacial score (nSPS) is 23.4. The first kappa shape index (κ1) is 11.5. The monoisotopic (exact) mass is 199 g/mol. The molecule has 1 saturated heterocycles. The first-order valence-electron chi connectivity index (χ1n) is 5.39. The van der Waals surface area contributed by atoms with Gasteiger partial charge in [-0.2, -0.15) is 0 Å². The predicted molar refractivity (Wildman–Crippen MR) is 56.9 cm³/mol. The molecule has 14 heavy (non-hydrogen) atoms. The van der Waals surface area contributed by atoms with E-state index in [1.807, 2.05) is 0 Å². The van der Waals surface area contributed by atoms with Crippen LogP contribution in [-0.2, 0) is 9.47 Å². The Labute approximate surface area is 86.3 Å². The van der Waals surface area contributed by atoms with Gasteiger partial charge in [-0.25, -0.2) is 0 Å². The average Bonchev–Trinajstić information content (AvgIpc) is 2.66. The van der Waals surface area contributed by atoms with Crippen molar-refractivity contribution in [3.63, 3.8) is 0 Å². The summed E-state index contributed by atoms with van der Waals surface area (Å²) in [7, 11) is 0. The number of nitrogens with two attached hydrogens (primary N) is 1. The molecule has 1 rings (SSSR count). The lowest BCUT2D eigenvalue weighted by Crippen LogP contribution is -2.27. The van der Waals surface area contributed by atoms with Crippen LogP contribution in [0.4, 0.5) is 0 Å². The predicted octanol–water partition coefficient (Wildman–Crippen LogP) is 1.68. The third kappa shape index (κ3) is 3.68. The average molecular weight is 199 g/mol.